The third-order valence-electron chi connectivity index (χ3n) is 4.97. The zero-order chi connectivity index (χ0) is 21.3. The van der Waals surface area contributed by atoms with E-state index >= 15 is 0 Å². The molecule has 4 rings (SSSR count). The van der Waals surface area contributed by atoms with Gasteiger partial charge in [0.1, 0.15) is 17.5 Å². The first-order chi connectivity index (χ1) is 14.5. The van der Waals surface area contributed by atoms with Gasteiger partial charge >= 0.3 is 0 Å². The maximum absolute atomic E-state index is 12.3. The molecule has 30 heavy (non-hydrogen) atoms. The van der Waals surface area contributed by atoms with Crippen LogP contribution in [0.3, 0.4) is 0 Å². The van der Waals surface area contributed by atoms with Crippen LogP contribution >= 0.6 is 0 Å². The number of amides is 1. The highest BCUT2D eigenvalue weighted by Gasteiger charge is 2.33. The standard InChI is InChI=1S/C22H23N5O3/c1-4-30-17-11-5-14(6-12-17)19-18(20(23)28)13(2)24-22-25-21(26-27(19)22)15-7-9-16(29-3)10-8-15/h5-12,19H,4H2,1-3H3,(H2,23,28)(H,24,25,26)/t19-/m1/s1. The normalized spacial score (nSPS) is 15.4. The molecule has 8 nitrogen and oxygen atoms in total. The van der Waals surface area contributed by atoms with Gasteiger partial charge in [-0.2, -0.15) is 4.98 Å². The van der Waals surface area contributed by atoms with Crippen molar-refractivity contribution in [3.63, 3.8) is 0 Å². The lowest BCUT2D eigenvalue weighted by Gasteiger charge is -2.27. The van der Waals surface area contributed by atoms with Gasteiger partial charge in [0.25, 0.3) is 0 Å². The van der Waals surface area contributed by atoms with Gasteiger partial charge in [0.15, 0.2) is 5.82 Å². The Balaban J connectivity index is 1.79. The Hall–Kier alpha value is -3.81. The summed E-state index contributed by atoms with van der Waals surface area (Å²) in [5, 5.41) is 7.84. The van der Waals surface area contributed by atoms with E-state index < -0.39 is 11.9 Å². The van der Waals surface area contributed by atoms with Gasteiger partial charge in [0.2, 0.25) is 11.9 Å². The maximum Gasteiger partial charge on any atom is 0.248 e. The average Bonchev–Trinajstić information content (AvgIpc) is 3.17. The number of methoxy groups -OCH3 is 1. The molecule has 0 aliphatic carbocycles. The number of nitrogens with two attached hydrogens (primary N) is 1. The van der Waals surface area contributed by atoms with Crippen LogP contribution in [0.25, 0.3) is 11.4 Å². The molecule has 0 fully saturated rings. The Kier molecular flexibility index (Phi) is 5.14. The second-order valence-corrected chi connectivity index (χ2v) is 6.86. The number of carbonyl (C=O) groups excluding carboxylic acids is 1. The minimum atomic E-state index is -0.508. The Labute approximate surface area is 174 Å². The number of rotatable bonds is 6. The van der Waals surface area contributed by atoms with Crippen LogP contribution in [0.1, 0.15) is 25.5 Å². The lowest BCUT2D eigenvalue weighted by Crippen LogP contribution is -2.31. The molecule has 2 aromatic carbocycles. The largest absolute Gasteiger partial charge is 0.497 e. The monoisotopic (exact) mass is 405 g/mol. The molecule has 0 radical (unpaired) electrons. The quantitative estimate of drug-likeness (QED) is 0.653. The van der Waals surface area contributed by atoms with Crippen LogP contribution in [0.2, 0.25) is 0 Å². The molecule has 154 valence electrons. The van der Waals surface area contributed by atoms with Crippen molar-refractivity contribution >= 4 is 11.9 Å². The summed E-state index contributed by atoms with van der Waals surface area (Å²) in [6.07, 6.45) is 0. The first-order valence-corrected chi connectivity index (χ1v) is 9.63. The van der Waals surface area contributed by atoms with Crippen LogP contribution in [0, 0.1) is 0 Å². The number of carbonyl (C=O) groups is 1. The highest BCUT2D eigenvalue weighted by Crippen LogP contribution is 2.36. The van der Waals surface area contributed by atoms with E-state index in [4.69, 9.17) is 15.2 Å². The number of aromatic nitrogens is 3. The Bertz CT molecular complexity index is 1100. The van der Waals surface area contributed by atoms with Crippen molar-refractivity contribution in [2.45, 2.75) is 19.9 Å². The van der Waals surface area contributed by atoms with Gasteiger partial charge in [0.05, 0.1) is 19.3 Å². The topological polar surface area (TPSA) is 104 Å². The SMILES string of the molecule is CCOc1ccc([C@@H]2C(C(N)=O)=C(C)Nc3nc(-c4ccc(OC)cc4)nn32)cc1. The number of allylic oxidation sites excluding steroid dienone is 1. The molecule has 1 atom stereocenters. The summed E-state index contributed by atoms with van der Waals surface area (Å²) in [4.78, 5) is 16.9. The van der Waals surface area contributed by atoms with Crippen LogP contribution in [-0.2, 0) is 4.79 Å². The van der Waals surface area contributed by atoms with Crippen molar-refractivity contribution < 1.29 is 14.3 Å². The van der Waals surface area contributed by atoms with Crippen LogP contribution in [-0.4, -0.2) is 34.4 Å². The molecule has 0 bridgehead atoms. The van der Waals surface area contributed by atoms with Crippen molar-refractivity contribution in [2.24, 2.45) is 5.73 Å². The Morgan fingerprint density at radius 2 is 1.80 bits per heavy atom. The molecule has 0 spiro atoms. The van der Waals surface area contributed by atoms with Crippen LogP contribution in [0.15, 0.2) is 59.8 Å². The number of primary amides is 1. The second-order valence-electron chi connectivity index (χ2n) is 6.86. The number of nitrogens with zero attached hydrogens (tertiary/aromatic N) is 3. The van der Waals surface area contributed by atoms with E-state index in [2.05, 4.69) is 15.4 Å². The fraction of sp³-hybridized carbons (Fsp3) is 0.227. The van der Waals surface area contributed by atoms with Gasteiger partial charge in [-0.1, -0.05) is 12.1 Å². The number of fused-ring (bicyclic) bond motifs is 1. The maximum atomic E-state index is 12.3. The average molecular weight is 405 g/mol. The van der Waals surface area contributed by atoms with Crippen molar-refractivity contribution in [1.82, 2.24) is 14.8 Å². The van der Waals surface area contributed by atoms with Crippen LogP contribution in [0.5, 0.6) is 11.5 Å². The highest BCUT2D eigenvalue weighted by atomic mass is 16.5. The molecule has 8 heteroatoms. The van der Waals surface area contributed by atoms with Crippen LogP contribution in [0.4, 0.5) is 5.95 Å². The minimum Gasteiger partial charge on any atom is -0.497 e. The summed E-state index contributed by atoms with van der Waals surface area (Å²) in [6, 6.07) is 14.6. The lowest BCUT2D eigenvalue weighted by atomic mass is 9.95. The number of hydrogen-bond donors (Lipinski definition) is 2. The number of nitrogens with one attached hydrogen (secondary N) is 1. The number of ether oxygens (including phenoxy) is 2. The molecule has 3 aromatic rings. The summed E-state index contributed by atoms with van der Waals surface area (Å²) in [5.41, 5.74) is 8.53. The second kappa shape index (κ2) is 7.90. The summed E-state index contributed by atoms with van der Waals surface area (Å²) >= 11 is 0. The van der Waals surface area contributed by atoms with E-state index in [1.807, 2.05) is 62.4 Å². The molecule has 1 aliphatic heterocycles. The van der Waals surface area contributed by atoms with Crippen molar-refractivity contribution in [1.29, 1.82) is 0 Å². The predicted octanol–water partition coefficient (Wildman–Crippen LogP) is 3.13. The van der Waals surface area contributed by atoms with Crippen molar-refractivity contribution in [2.75, 3.05) is 19.0 Å². The van der Waals surface area contributed by atoms with E-state index in [9.17, 15) is 4.79 Å². The zero-order valence-electron chi connectivity index (χ0n) is 17.0. The summed E-state index contributed by atoms with van der Waals surface area (Å²) in [7, 11) is 1.62. The lowest BCUT2D eigenvalue weighted by molar-refractivity contribution is -0.115. The third-order valence-corrected chi connectivity index (χ3v) is 4.97. The smallest absolute Gasteiger partial charge is 0.248 e. The van der Waals surface area contributed by atoms with Gasteiger partial charge in [-0.3, -0.25) is 4.79 Å². The van der Waals surface area contributed by atoms with E-state index in [0.717, 1.165) is 22.6 Å². The third kappa shape index (κ3) is 3.47. The molecule has 3 N–H and O–H groups in total. The summed E-state index contributed by atoms with van der Waals surface area (Å²) < 4.78 is 12.4. The number of benzene rings is 2. The molecule has 1 aliphatic rings. The molecule has 0 saturated carbocycles. The predicted molar refractivity (Wildman–Crippen MR) is 113 cm³/mol. The fourth-order valence-electron chi connectivity index (χ4n) is 3.55. The first kappa shape index (κ1) is 19.5. The van der Waals surface area contributed by atoms with Crippen LogP contribution < -0.4 is 20.5 Å². The summed E-state index contributed by atoms with van der Waals surface area (Å²) in [5.74, 6) is 2.08. The number of hydrogen-bond acceptors (Lipinski definition) is 6. The number of anilines is 1. The molecule has 1 aromatic heterocycles. The van der Waals surface area contributed by atoms with E-state index in [-0.39, 0.29) is 0 Å². The van der Waals surface area contributed by atoms with E-state index in [0.29, 0.717) is 29.6 Å². The molecular weight excluding hydrogens is 382 g/mol. The van der Waals surface area contributed by atoms with Gasteiger partial charge < -0.3 is 20.5 Å². The van der Waals surface area contributed by atoms with E-state index in [1.54, 1.807) is 11.8 Å². The first-order valence-electron chi connectivity index (χ1n) is 9.63. The fourth-order valence-corrected chi connectivity index (χ4v) is 3.55. The molecule has 1 amide bonds. The summed E-state index contributed by atoms with van der Waals surface area (Å²) in [6.45, 7) is 4.32. The van der Waals surface area contributed by atoms with E-state index in [1.165, 1.54) is 0 Å². The van der Waals surface area contributed by atoms with Gasteiger partial charge in [-0.15, -0.1) is 5.10 Å². The Morgan fingerprint density at radius 3 is 2.40 bits per heavy atom. The molecular formula is C22H23N5O3. The Morgan fingerprint density at radius 1 is 1.13 bits per heavy atom. The van der Waals surface area contributed by atoms with Crippen molar-refractivity contribution in [3.05, 3.63) is 65.4 Å². The van der Waals surface area contributed by atoms with Gasteiger partial charge in [0, 0.05) is 11.3 Å². The minimum absolute atomic E-state index is 0.442. The zero-order valence-corrected chi connectivity index (χ0v) is 17.0. The van der Waals surface area contributed by atoms with Crippen molar-refractivity contribution in [3.8, 4) is 22.9 Å². The van der Waals surface area contributed by atoms with Gasteiger partial charge in [-0.05, 0) is 55.8 Å². The molecule has 0 unspecified atom stereocenters. The molecule has 2 heterocycles. The highest BCUT2D eigenvalue weighted by molar-refractivity contribution is 5.95. The molecule has 0 saturated heterocycles. The van der Waals surface area contributed by atoms with Gasteiger partial charge in [-0.25, -0.2) is 4.68 Å².